The van der Waals surface area contributed by atoms with Crippen molar-refractivity contribution in [3.8, 4) is 17.6 Å². The highest BCUT2D eigenvalue weighted by atomic mass is 16.5. The molecule has 3 heterocycles. The molecule has 1 fully saturated rings. The van der Waals surface area contributed by atoms with Gasteiger partial charge in [-0.3, -0.25) is 4.90 Å². The van der Waals surface area contributed by atoms with Gasteiger partial charge >= 0.3 is 6.03 Å². The summed E-state index contributed by atoms with van der Waals surface area (Å²) in [5, 5.41) is 17.1. The number of primary amides is 1. The number of nitrogens with two attached hydrogens (primary N) is 2. The van der Waals surface area contributed by atoms with E-state index in [0.717, 1.165) is 57.3 Å². The summed E-state index contributed by atoms with van der Waals surface area (Å²) in [6.07, 6.45) is 8.46. The van der Waals surface area contributed by atoms with Crippen LogP contribution in [-0.4, -0.2) is 77.1 Å². The lowest BCUT2D eigenvalue weighted by atomic mass is 10.1. The molecular weight excluding hydrogens is 544 g/mol. The van der Waals surface area contributed by atoms with E-state index >= 15 is 0 Å². The average molecular weight is 591 g/mol. The smallest absolute Gasteiger partial charge is 0.316 e. The lowest BCUT2D eigenvalue weighted by molar-refractivity contribution is 0.191. The Hall–Kier alpha value is -4.37. The third-order valence-corrected chi connectivity index (χ3v) is 6.45. The number of carbonyl (C=O) groups excluding carboxylic acids is 1. The van der Waals surface area contributed by atoms with Crippen molar-refractivity contribution in [1.29, 1.82) is 0 Å². The van der Waals surface area contributed by atoms with Crippen molar-refractivity contribution in [2.45, 2.75) is 40.0 Å². The number of nitrogen functional groups attached to an aromatic ring is 1. The highest BCUT2D eigenvalue weighted by Crippen LogP contribution is 2.24. The number of allylic oxidation sites excluding steroid dienone is 4. The van der Waals surface area contributed by atoms with Crippen molar-refractivity contribution in [2.75, 3.05) is 57.5 Å². The number of hydrogen-bond donors (Lipinski definition) is 5. The van der Waals surface area contributed by atoms with Crippen LogP contribution in [0.4, 0.5) is 16.3 Å². The Bertz CT molecular complexity index is 1410. The molecule has 2 amide bonds. The number of rotatable bonds is 6. The minimum Gasteiger partial charge on any atom is -0.490 e. The topological polar surface area (TPSA) is 156 Å². The molecule has 0 spiro atoms. The monoisotopic (exact) mass is 590 g/mol. The van der Waals surface area contributed by atoms with Crippen LogP contribution in [0, 0.1) is 18.8 Å². The fourth-order valence-electron chi connectivity index (χ4n) is 4.32. The molecule has 1 aromatic carbocycles. The van der Waals surface area contributed by atoms with Gasteiger partial charge in [0.05, 0.1) is 5.69 Å². The Balaban J connectivity index is 0.000000235. The van der Waals surface area contributed by atoms with Crippen LogP contribution in [-0.2, 0) is 0 Å². The van der Waals surface area contributed by atoms with Crippen molar-refractivity contribution in [1.82, 2.24) is 24.8 Å². The molecule has 0 radical (unpaired) electrons. The number of anilines is 2. The van der Waals surface area contributed by atoms with Gasteiger partial charge in [-0.2, -0.15) is 5.10 Å². The first-order valence-electron chi connectivity index (χ1n) is 14.3. The van der Waals surface area contributed by atoms with Gasteiger partial charge in [-0.25, -0.2) is 14.3 Å². The number of aryl methyl sites for hydroxylation is 1. The van der Waals surface area contributed by atoms with Crippen LogP contribution in [0.2, 0.25) is 0 Å². The quantitative estimate of drug-likeness (QED) is 0.272. The second kappa shape index (κ2) is 18.9. The Kier molecular flexibility index (Phi) is 15.3. The third kappa shape index (κ3) is 11.8. The molecule has 43 heavy (non-hydrogen) atoms. The van der Waals surface area contributed by atoms with Crippen molar-refractivity contribution in [2.24, 2.45) is 5.73 Å². The van der Waals surface area contributed by atoms with E-state index < -0.39 is 6.03 Å². The number of hydrogen-bond acceptors (Lipinski definition) is 8. The summed E-state index contributed by atoms with van der Waals surface area (Å²) < 4.78 is 7.59. The van der Waals surface area contributed by atoms with Crippen molar-refractivity contribution in [3.05, 3.63) is 71.7 Å². The molecule has 11 nitrogen and oxygen atoms in total. The van der Waals surface area contributed by atoms with E-state index in [0.29, 0.717) is 29.8 Å². The molecule has 0 unspecified atom stereocenters. The largest absolute Gasteiger partial charge is 0.490 e. The van der Waals surface area contributed by atoms with Crippen molar-refractivity contribution < 1.29 is 14.6 Å². The van der Waals surface area contributed by atoms with Crippen LogP contribution in [0.3, 0.4) is 0 Å². The first-order chi connectivity index (χ1) is 20.8. The predicted molar refractivity (Wildman–Crippen MR) is 174 cm³/mol. The number of nitrogens with one attached hydrogen (secondary N) is 2. The van der Waals surface area contributed by atoms with Gasteiger partial charge in [-0.05, 0) is 62.1 Å². The Morgan fingerprint density at radius 3 is 2.60 bits per heavy atom. The molecule has 11 heteroatoms. The van der Waals surface area contributed by atoms with Crippen LogP contribution >= 0.6 is 0 Å². The Labute approximate surface area is 255 Å². The number of aromatic nitrogens is 3. The molecule has 7 N–H and O–H groups in total. The van der Waals surface area contributed by atoms with E-state index in [9.17, 15) is 4.79 Å². The van der Waals surface area contributed by atoms with Crippen LogP contribution < -0.4 is 26.8 Å². The van der Waals surface area contributed by atoms with E-state index in [1.165, 1.54) is 17.6 Å². The molecule has 2 aliphatic rings. The summed E-state index contributed by atoms with van der Waals surface area (Å²) in [7, 11) is 1.00. The fourth-order valence-corrected chi connectivity index (χ4v) is 4.32. The van der Waals surface area contributed by atoms with Gasteiger partial charge in [0.2, 0.25) is 0 Å². The van der Waals surface area contributed by atoms with E-state index in [1.54, 1.807) is 6.07 Å². The maximum absolute atomic E-state index is 10.9. The number of nitrogens with zero attached hydrogens (tertiary/aromatic N) is 4. The molecule has 0 atom stereocenters. The molecule has 1 saturated heterocycles. The van der Waals surface area contributed by atoms with E-state index in [1.807, 2.05) is 41.8 Å². The lowest BCUT2D eigenvalue weighted by Crippen LogP contribution is -2.44. The highest BCUT2D eigenvalue weighted by molar-refractivity contribution is 5.89. The normalized spacial score (nSPS) is 13.9. The number of benzene rings is 1. The second-order valence-electron chi connectivity index (χ2n) is 10.1. The van der Waals surface area contributed by atoms with E-state index in [4.69, 9.17) is 21.3 Å². The maximum Gasteiger partial charge on any atom is 0.316 e. The number of ether oxygens (including phenoxy) is 1. The minimum absolute atomic E-state index is 0.436. The second-order valence-corrected chi connectivity index (χ2v) is 10.1. The van der Waals surface area contributed by atoms with Gasteiger partial charge in [0, 0.05) is 45.5 Å². The standard InChI is InChI=1S/C13H20N4O2.C10H14N4.C8H8.CH4O/c14-13(18)16-11-3-1-2-4-12(11)19-10-9-17-7-5-15-6-8-17;1-6(2)8-4-7(3)9-10(11)12-5-13-14(8)9;1-8-6-4-2-3-5-7-8;1-2/h1-4,15H,5-10H2,(H3,14,16,18);4-6H,1-3H3,(H2,11,12,13);2,4,7H,6H2,1H3;2H,1H3. The zero-order chi connectivity index (χ0) is 31.6. The molecule has 3 aromatic rings. The average Bonchev–Trinajstić information content (AvgIpc) is 3.17. The van der Waals surface area contributed by atoms with Crippen LogP contribution in [0.15, 0.2) is 60.5 Å². The summed E-state index contributed by atoms with van der Waals surface area (Å²) in [6, 6.07) is 8.82. The zero-order valence-electron chi connectivity index (χ0n) is 25.9. The summed E-state index contributed by atoms with van der Waals surface area (Å²) in [6.45, 7) is 14.0. The number of piperazine rings is 1. The molecule has 5 rings (SSSR count). The van der Waals surface area contributed by atoms with Gasteiger partial charge in [0.25, 0.3) is 0 Å². The first-order valence-corrected chi connectivity index (χ1v) is 14.3. The number of aliphatic hydroxyl groups is 1. The van der Waals surface area contributed by atoms with Crippen molar-refractivity contribution >= 4 is 23.1 Å². The summed E-state index contributed by atoms with van der Waals surface area (Å²) >= 11 is 0. The summed E-state index contributed by atoms with van der Waals surface area (Å²) in [5.41, 5.74) is 16.1. The van der Waals surface area contributed by atoms with Gasteiger partial charge < -0.3 is 31.9 Å². The van der Waals surface area contributed by atoms with Crippen molar-refractivity contribution in [3.63, 3.8) is 0 Å². The van der Waals surface area contributed by atoms with Gasteiger partial charge in [0.15, 0.2) is 5.82 Å². The zero-order valence-corrected chi connectivity index (χ0v) is 25.9. The predicted octanol–water partition coefficient (Wildman–Crippen LogP) is 3.71. The molecule has 1 aliphatic heterocycles. The number of urea groups is 1. The molecular formula is C32H46N8O3. The van der Waals surface area contributed by atoms with Gasteiger partial charge in [-0.1, -0.05) is 49.5 Å². The number of carbonyl (C=O) groups is 1. The van der Waals surface area contributed by atoms with Crippen LogP contribution in [0.25, 0.3) is 5.52 Å². The number of para-hydroxylation sites is 2. The first kappa shape index (κ1) is 34.8. The number of fused-ring (bicyclic) bond motifs is 1. The lowest BCUT2D eigenvalue weighted by Gasteiger charge is -2.27. The number of amides is 2. The van der Waals surface area contributed by atoms with E-state index in [-0.39, 0.29) is 0 Å². The minimum atomic E-state index is -0.585. The molecule has 2 aromatic heterocycles. The van der Waals surface area contributed by atoms with Gasteiger partial charge in [-0.15, -0.1) is 0 Å². The SMILES string of the molecule is CC1=CC#CC=CC1.CO.Cc1cc(C(C)C)n2ncnc(N)c12.NC(=O)Nc1ccccc1OCCN1CCNCC1. The third-order valence-electron chi connectivity index (χ3n) is 6.45. The Morgan fingerprint density at radius 1 is 1.19 bits per heavy atom. The molecule has 232 valence electrons. The van der Waals surface area contributed by atoms with E-state index in [2.05, 4.69) is 70.4 Å². The summed E-state index contributed by atoms with van der Waals surface area (Å²) in [4.78, 5) is 17.2. The summed E-state index contributed by atoms with van der Waals surface area (Å²) in [5.74, 6) is 7.40. The molecule has 1 aliphatic carbocycles. The molecule has 0 bridgehead atoms. The molecule has 0 saturated carbocycles. The van der Waals surface area contributed by atoms with Crippen LogP contribution in [0.1, 0.15) is 44.4 Å². The van der Waals surface area contributed by atoms with Crippen LogP contribution in [0.5, 0.6) is 5.75 Å². The van der Waals surface area contributed by atoms with Gasteiger partial charge in [0.1, 0.15) is 24.2 Å². The highest BCUT2D eigenvalue weighted by Gasteiger charge is 2.12. The fraction of sp³-hybridized carbons (Fsp3) is 0.406. The maximum atomic E-state index is 10.9. The number of aliphatic hydroxyl groups excluding tert-OH is 1. The Morgan fingerprint density at radius 2 is 1.91 bits per heavy atom.